The summed E-state index contributed by atoms with van der Waals surface area (Å²) in [5, 5.41) is 7.00. The first-order valence-electron chi connectivity index (χ1n) is 8.47. The number of aliphatic imine (C=N–C) groups is 1. The highest BCUT2D eigenvalue weighted by atomic mass is 16.2. The Balaban J connectivity index is 0.00000100. The van der Waals surface area contributed by atoms with Crippen molar-refractivity contribution in [3.8, 4) is 0 Å². The smallest absolute Gasteiger partial charge is 0.132 e. The second kappa shape index (κ2) is 7.85. The van der Waals surface area contributed by atoms with Crippen molar-refractivity contribution in [1.82, 2.24) is 9.55 Å². The average molecular weight is 332 g/mol. The first-order valence-corrected chi connectivity index (χ1v) is 8.47. The lowest BCUT2D eigenvalue weighted by molar-refractivity contribution is -0.110. The molecule has 3 N–H and O–H groups in total. The molecule has 0 spiro atoms. The fraction of sp³-hybridized carbons (Fsp3) is 0.611. The molecule has 1 aliphatic carbocycles. The zero-order valence-corrected chi connectivity index (χ0v) is 14.8. The number of aromatic nitrogens is 2. The molecule has 3 rings (SSSR count). The number of aliphatic hydroxyl groups is 1. The quantitative estimate of drug-likeness (QED) is 0.805. The highest BCUT2D eigenvalue weighted by Gasteiger charge is 2.57. The standard InChI is InChI=1S/C17H24N4O.CH4O/c1-12-3-4-16(19-8-12)21-9-15(20-11-21)17(10-22)6-14(17)5-13(2)7-18;1-2/h8-11,13-14H,3-7,18H2,1-2H3;2H,1H3/t13-,14?,17?;/m1./s1. The van der Waals surface area contributed by atoms with Crippen LogP contribution in [0.5, 0.6) is 0 Å². The second-order valence-electron chi connectivity index (χ2n) is 6.82. The number of hydrogen-bond donors (Lipinski definition) is 2. The summed E-state index contributed by atoms with van der Waals surface area (Å²) in [4.78, 5) is 20.7. The van der Waals surface area contributed by atoms with Crippen LogP contribution in [0.25, 0.3) is 0 Å². The predicted molar refractivity (Wildman–Crippen MR) is 94.9 cm³/mol. The fourth-order valence-electron chi connectivity index (χ4n) is 3.27. The van der Waals surface area contributed by atoms with Gasteiger partial charge in [-0.05, 0) is 44.6 Å². The molecule has 0 aromatic carbocycles. The molecule has 132 valence electrons. The van der Waals surface area contributed by atoms with Gasteiger partial charge in [0.15, 0.2) is 0 Å². The zero-order chi connectivity index (χ0) is 17.7. The van der Waals surface area contributed by atoms with Crippen molar-refractivity contribution in [3.05, 3.63) is 30.0 Å². The number of carbonyl (C=O) groups excluding carboxylic acids is 1. The number of nitrogens with zero attached hydrogens (tertiary/aromatic N) is 3. The number of allylic oxidation sites excluding steroid dienone is 1. The highest BCUT2D eigenvalue weighted by molar-refractivity contribution is 5.86. The van der Waals surface area contributed by atoms with Crippen molar-refractivity contribution >= 4 is 12.1 Å². The lowest BCUT2D eigenvalue weighted by Gasteiger charge is -2.12. The molecule has 24 heavy (non-hydrogen) atoms. The van der Waals surface area contributed by atoms with Crippen molar-refractivity contribution in [2.75, 3.05) is 13.7 Å². The summed E-state index contributed by atoms with van der Waals surface area (Å²) in [6.45, 7) is 4.90. The minimum absolute atomic E-state index is 0.377. The zero-order valence-electron chi connectivity index (χ0n) is 14.8. The van der Waals surface area contributed by atoms with Crippen molar-refractivity contribution in [2.24, 2.45) is 22.6 Å². The first-order chi connectivity index (χ1) is 11.6. The molecular formula is C18H28N4O2. The summed E-state index contributed by atoms with van der Waals surface area (Å²) in [6.07, 6.45) is 10.6. The number of carbonyl (C=O) groups is 1. The molecule has 6 nitrogen and oxygen atoms in total. The van der Waals surface area contributed by atoms with Gasteiger partial charge in [-0.3, -0.25) is 4.57 Å². The van der Waals surface area contributed by atoms with Gasteiger partial charge in [-0.25, -0.2) is 9.98 Å². The maximum atomic E-state index is 11.7. The Morgan fingerprint density at radius 1 is 1.50 bits per heavy atom. The van der Waals surface area contributed by atoms with Gasteiger partial charge in [-0.15, -0.1) is 0 Å². The molecular weight excluding hydrogens is 304 g/mol. The summed E-state index contributed by atoms with van der Waals surface area (Å²) in [6, 6.07) is 0. The van der Waals surface area contributed by atoms with Crippen LogP contribution in [0.4, 0.5) is 0 Å². The van der Waals surface area contributed by atoms with E-state index in [0.717, 1.165) is 50.6 Å². The van der Waals surface area contributed by atoms with Gasteiger partial charge in [0.1, 0.15) is 18.4 Å². The van der Waals surface area contributed by atoms with Gasteiger partial charge in [-0.1, -0.05) is 12.5 Å². The number of nitrogens with two attached hydrogens (primary N) is 1. The fourth-order valence-corrected chi connectivity index (χ4v) is 3.27. The molecule has 2 unspecified atom stereocenters. The maximum absolute atomic E-state index is 11.7. The van der Waals surface area contributed by atoms with E-state index in [2.05, 4.69) is 23.8 Å². The van der Waals surface area contributed by atoms with Crippen molar-refractivity contribution in [3.63, 3.8) is 0 Å². The summed E-state index contributed by atoms with van der Waals surface area (Å²) < 4.78 is 1.96. The van der Waals surface area contributed by atoms with Gasteiger partial charge in [-0.2, -0.15) is 0 Å². The summed E-state index contributed by atoms with van der Waals surface area (Å²) >= 11 is 0. The van der Waals surface area contributed by atoms with Crippen molar-refractivity contribution in [2.45, 2.75) is 44.9 Å². The number of aldehydes is 1. The summed E-state index contributed by atoms with van der Waals surface area (Å²) in [7, 11) is 1.00. The van der Waals surface area contributed by atoms with E-state index in [1.165, 1.54) is 5.57 Å². The molecule has 2 aliphatic rings. The molecule has 0 radical (unpaired) electrons. The number of rotatable bonds is 5. The van der Waals surface area contributed by atoms with Crippen LogP contribution in [-0.2, 0) is 10.2 Å². The minimum atomic E-state index is -0.393. The third kappa shape index (κ3) is 3.65. The highest BCUT2D eigenvalue weighted by Crippen LogP contribution is 2.55. The lowest BCUT2D eigenvalue weighted by atomic mass is 9.95. The van der Waals surface area contributed by atoms with E-state index in [1.54, 1.807) is 6.33 Å². The van der Waals surface area contributed by atoms with Crippen LogP contribution in [0.2, 0.25) is 0 Å². The van der Waals surface area contributed by atoms with Crippen LogP contribution in [0.1, 0.15) is 45.2 Å². The molecule has 6 heteroatoms. The van der Waals surface area contributed by atoms with E-state index < -0.39 is 5.41 Å². The Morgan fingerprint density at radius 3 is 2.83 bits per heavy atom. The van der Waals surface area contributed by atoms with Crippen LogP contribution >= 0.6 is 0 Å². The summed E-state index contributed by atoms with van der Waals surface area (Å²) in [5.74, 6) is 1.82. The van der Waals surface area contributed by atoms with E-state index in [4.69, 9.17) is 10.8 Å². The lowest BCUT2D eigenvalue weighted by Crippen LogP contribution is -2.17. The normalized spacial score (nSPS) is 26.6. The molecule has 1 aromatic heterocycles. The molecule has 0 bridgehead atoms. The van der Waals surface area contributed by atoms with E-state index in [0.29, 0.717) is 18.4 Å². The van der Waals surface area contributed by atoms with Crippen LogP contribution in [0, 0.1) is 11.8 Å². The SMILES string of the molecule is CC1=CN=C(n2cnc(C3(C=O)CC3C[C@@H](C)CN)c2)CC1.CO. The van der Waals surface area contributed by atoms with Crippen LogP contribution < -0.4 is 5.73 Å². The Bertz CT molecular complexity index is 635. The van der Waals surface area contributed by atoms with Gasteiger partial charge >= 0.3 is 0 Å². The van der Waals surface area contributed by atoms with Gasteiger partial charge in [0, 0.05) is 25.9 Å². The molecule has 0 saturated heterocycles. The summed E-state index contributed by atoms with van der Waals surface area (Å²) in [5.41, 5.74) is 7.49. The second-order valence-corrected chi connectivity index (χ2v) is 6.82. The average Bonchev–Trinajstić information content (AvgIpc) is 3.09. The van der Waals surface area contributed by atoms with Crippen molar-refractivity contribution in [1.29, 1.82) is 0 Å². The monoisotopic (exact) mass is 332 g/mol. The molecule has 1 fully saturated rings. The first kappa shape index (κ1) is 18.5. The van der Waals surface area contributed by atoms with Crippen molar-refractivity contribution < 1.29 is 9.90 Å². The predicted octanol–water partition coefficient (Wildman–Crippen LogP) is 1.88. The maximum Gasteiger partial charge on any atom is 0.132 e. The Kier molecular flexibility index (Phi) is 6.07. The van der Waals surface area contributed by atoms with E-state index in [1.807, 2.05) is 17.0 Å². The van der Waals surface area contributed by atoms with E-state index in [9.17, 15) is 4.79 Å². The van der Waals surface area contributed by atoms with E-state index >= 15 is 0 Å². The molecule has 0 amide bonds. The number of imidazole rings is 1. The van der Waals surface area contributed by atoms with Crippen LogP contribution in [0.15, 0.2) is 29.3 Å². The Labute approximate surface area is 143 Å². The Morgan fingerprint density at radius 2 is 2.25 bits per heavy atom. The van der Waals surface area contributed by atoms with Crippen LogP contribution in [-0.4, -0.2) is 40.4 Å². The molecule has 1 saturated carbocycles. The molecule has 3 atom stereocenters. The minimum Gasteiger partial charge on any atom is -0.400 e. The molecule has 1 aliphatic heterocycles. The molecule has 2 heterocycles. The van der Waals surface area contributed by atoms with Gasteiger partial charge < -0.3 is 15.6 Å². The largest absolute Gasteiger partial charge is 0.400 e. The number of aliphatic hydroxyl groups excluding tert-OH is 1. The Hall–Kier alpha value is -1.79. The van der Waals surface area contributed by atoms with Gasteiger partial charge in [0.2, 0.25) is 0 Å². The molecule has 1 aromatic rings. The third-order valence-corrected chi connectivity index (χ3v) is 4.99. The van der Waals surface area contributed by atoms with Crippen LogP contribution in [0.3, 0.4) is 0 Å². The van der Waals surface area contributed by atoms with Gasteiger partial charge in [0.25, 0.3) is 0 Å². The van der Waals surface area contributed by atoms with Gasteiger partial charge in [0.05, 0.1) is 11.1 Å². The number of hydrogen-bond acceptors (Lipinski definition) is 5. The topological polar surface area (TPSA) is 93.5 Å². The third-order valence-electron chi connectivity index (χ3n) is 4.99. The van der Waals surface area contributed by atoms with E-state index in [-0.39, 0.29) is 0 Å².